The lowest BCUT2D eigenvalue weighted by molar-refractivity contribution is 0.411. The molecule has 35 heavy (non-hydrogen) atoms. The van der Waals surface area contributed by atoms with E-state index in [1.165, 1.54) is 5.56 Å². The number of aromatic nitrogens is 4. The van der Waals surface area contributed by atoms with E-state index in [0.29, 0.717) is 17.4 Å². The van der Waals surface area contributed by atoms with Crippen molar-refractivity contribution in [3.63, 3.8) is 0 Å². The smallest absolute Gasteiger partial charge is 0.214 e. The van der Waals surface area contributed by atoms with Crippen LogP contribution < -0.4 is 9.64 Å². The molecule has 0 spiro atoms. The van der Waals surface area contributed by atoms with Gasteiger partial charge in [0.1, 0.15) is 5.75 Å². The fourth-order valence-electron chi connectivity index (χ4n) is 4.18. The molecule has 0 aliphatic rings. The van der Waals surface area contributed by atoms with E-state index in [1.54, 1.807) is 7.11 Å². The number of hydrogen-bond acceptors (Lipinski definition) is 6. The largest absolute Gasteiger partial charge is 0.496 e. The minimum atomic E-state index is 0.632. The quantitative estimate of drug-likeness (QED) is 0.301. The fourth-order valence-corrected chi connectivity index (χ4v) is 4.35. The summed E-state index contributed by atoms with van der Waals surface area (Å²) in [7, 11) is 5.81. The van der Waals surface area contributed by atoms with E-state index in [-0.39, 0.29) is 0 Å². The van der Waals surface area contributed by atoms with E-state index >= 15 is 0 Å². The molecule has 0 unspecified atom stereocenters. The minimum Gasteiger partial charge on any atom is -0.496 e. The Balaban J connectivity index is 1.78. The second-order valence-corrected chi connectivity index (χ2v) is 9.10. The summed E-state index contributed by atoms with van der Waals surface area (Å²) >= 11 is 6.36. The van der Waals surface area contributed by atoms with Gasteiger partial charge in [-0.05, 0) is 50.0 Å². The van der Waals surface area contributed by atoms with Crippen molar-refractivity contribution >= 4 is 34.1 Å². The highest BCUT2D eigenvalue weighted by Crippen LogP contribution is 2.34. The third kappa shape index (κ3) is 4.65. The summed E-state index contributed by atoms with van der Waals surface area (Å²) in [5, 5.41) is 10.7. The third-order valence-corrected chi connectivity index (χ3v) is 6.18. The second-order valence-electron chi connectivity index (χ2n) is 8.67. The average Bonchev–Trinajstić information content (AvgIpc) is 3.31. The van der Waals surface area contributed by atoms with Gasteiger partial charge in [-0.15, -0.1) is 10.2 Å². The number of likely N-dealkylation sites (N-methyl/N-ethyl adjacent to an activating group) is 1. The topological polar surface area (TPSA) is 58.8 Å². The molecule has 0 aliphatic heterocycles. The first-order chi connectivity index (χ1) is 17.0. The SMILES string of the molecule is COc1ccccc1-c1nnc2c3ccc(Cl)cc3nc(N(CCN(C)C)Cc3ccccc3)n12. The molecule has 0 amide bonds. The van der Waals surface area contributed by atoms with Gasteiger partial charge in [-0.3, -0.25) is 0 Å². The maximum atomic E-state index is 6.36. The molecule has 5 aromatic rings. The summed E-state index contributed by atoms with van der Waals surface area (Å²) in [5.41, 5.74) is 3.55. The van der Waals surface area contributed by atoms with Crippen LogP contribution >= 0.6 is 11.6 Å². The van der Waals surface area contributed by atoms with Crippen LogP contribution in [0.3, 0.4) is 0 Å². The fraction of sp³-hybridized carbons (Fsp3) is 0.222. The molecule has 2 heterocycles. The lowest BCUT2D eigenvalue weighted by Crippen LogP contribution is -2.33. The predicted octanol–water partition coefficient (Wildman–Crippen LogP) is 5.17. The maximum Gasteiger partial charge on any atom is 0.214 e. The van der Waals surface area contributed by atoms with Crippen LogP contribution in [0.25, 0.3) is 27.9 Å². The zero-order valence-corrected chi connectivity index (χ0v) is 20.8. The Hall–Kier alpha value is -3.68. The van der Waals surface area contributed by atoms with Gasteiger partial charge in [0.25, 0.3) is 0 Å². The van der Waals surface area contributed by atoms with Crippen LogP contribution in [0.1, 0.15) is 5.56 Å². The molecular formula is C27H27ClN6O. The summed E-state index contributed by atoms with van der Waals surface area (Å²) in [6.45, 7) is 2.31. The average molecular weight is 487 g/mol. The molecule has 0 atom stereocenters. The molecule has 0 saturated carbocycles. The third-order valence-electron chi connectivity index (χ3n) is 5.95. The first-order valence-corrected chi connectivity index (χ1v) is 11.8. The molecular weight excluding hydrogens is 460 g/mol. The van der Waals surface area contributed by atoms with Crippen molar-refractivity contribution in [2.45, 2.75) is 6.54 Å². The van der Waals surface area contributed by atoms with Gasteiger partial charge in [-0.25, -0.2) is 9.38 Å². The van der Waals surface area contributed by atoms with Crippen LogP contribution in [-0.2, 0) is 6.54 Å². The molecule has 0 N–H and O–H groups in total. The molecule has 0 fully saturated rings. The van der Waals surface area contributed by atoms with Crippen molar-refractivity contribution in [2.75, 3.05) is 39.2 Å². The lowest BCUT2D eigenvalue weighted by atomic mass is 10.2. The number of benzene rings is 3. The van der Waals surface area contributed by atoms with E-state index in [2.05, 4.69) is 58.4 Å². The number of hydrogen-bond donors (Lipinski definition) is 0. The summed E-state index contributed by atoms with van der Waals surface area (Å²) in [6, 6.07) is 23.9. The van der Waals surface area contributed by atoms with Crippen LogP contribution in [0.2, 0.25) is 5.02 Å². The van der Waals surface area contributed by atoms with Crippen molar-refractivity contribution in [3.05, 3.63) is 83.4 Å². The van der Waals surface area contributed by atoms with Gasteiger partial charge < -0.3 is 14.5 Å². The van der Waals surface area contributed by atoms with Gasteiger partial charge >= 0.3 is 0 Å². The van der Waals surface area contributed by atoms with E-state index in [4.69, 9.17) is 21.3 Å². The highest BCUT2D eigenvalue weighted by Gasteiger charge is 2.22. The lowest BCUT2D eigenvalue weighted by Gasteiger charge is -2.27. The Labute approximate surface area is 209 Å². The Morgan fingerprint density at radius 1 is 0.914 bits per heavy atom. The number of ether oxygens (including phenoxy) is 1. The summed E-state index contributed by atoms with van der Waals surface area (Å²) in [4.78, 5) is 9.55. The monoisotopic (exact) mass is 486 g/mol. The zero-order valence-electron chi connectivity index (χ0n) is 20.0. The van der Waals surface area contributed by atoms with Gasteiger partial charge in [0.05, 0.1) is 18.2 Å². The molecule has 5 rings (SSSR count). The number of fused-ring (bicyclic) bond motifs is 3. The Bertz CT molecular complexity index is 1470. The highest BCUT2D eigenvalue weighted by molar-refractivity contribution is 6.31. The number of halogens is 1. The number of para-hydroxylation sites is 1. The highest BCUT2D eigenvalue weighted by atomic mass is 35.5. The first-order valence-electron chi connectivity index (χ1n) is 11.5. The van der Waals surface area contributed by atoms with Crippen LogP contribution in [-0.4, -0.2) is 58.8 Å². The van der Waals surface area contributed by atoms with Gasteiger partial charge in [0.2, 0.25) is 5.95 Å². The molecule has 0 saturated heterocycles. The molecule has 8 heteroatoms. The molecule has 0 aliphatic carbocycles. The van der Waals surface area contributed by atoms with Crippen LogP contribution in [0.15, 0.2) is 72.8 Å². The zero-order chi connectivity index (χ0) is 24.4. The van der Waals surface area contributed by atoms with Crippen LogP contribution in [0, 0.1) is 0 Å². The first kappa shape index (κ1) is 23.1. The Morgan fingerprint density at radius 2 is 1.69 bits per heavy atom. The summed E-state index contributed by atoms with van der Waals surface area (Å²) in [5.74, 6) is 2.16. The predicted molar refractivity (Wildman–Crippen MR) is 141 cm³/mol. The van der Waals surface area contributed by atoms with Crippen molar-refractivity contribution < 1.29 is 4.74 Å². The van der Waals surface area contributed by atoms with Gasteiger partial charge in [-0.1, -0.05) is 54.1 Å². The van der Waals surface area contributed by atoms with Gasteiger partial charge in [0.15, 0.2) is 11.5 Å². The van der Waals surface area contributed by atoms with Crippen molar-refractivity contribution in [1.82, 2.24) is 24.5 Å². The second kappa shape index (κ2) is 9.90. The summed E-state index contributed by atoms with van der Waals surface area (Å²) in [6.07, 6.45) is 0. The van der Waals surface area contributed by atoms with E-state index in [1.807, 2.05) is 52.9 Å². The Morgan fingerprint density at radius 3 is 2.46 bits per heavy atom. The molecule has 0 radical (unpaired) electrons. The van der Waals surface area contributed by atoms with E-state index in [9.17, 15) is 0 Å². The number of rotatable bonds is 8. The number of methoxy groups -OCH3 is 1. The number of anilines is 1. The van der Waals surface area contributed by atoms with E-state index in [0.717, 1.165) is 46.9 Å². The van der Waals surface area contributed by atoms with Crippen molar-refractivity contribution in [3.8, 4) is 17.1 Å². The van der Waals surface area contributed by atoms with Crippen molar-refractivity contribution in [2.24, 2.45) is 0 Å². The van der Waals surface area contributed by atoms with Gasteiger partial charge in [-0.2, -0.15) is 0 Å². The number of nitrogens with zero attached hydrogens (tertiary/aromatic N) is 6. The molecule has 2 aromatic heterocycles. The molecule has 0 bridgehead atoms. The van der Waals surface area contributed by atoms with Crippen LogP contribution in [0.4, 0.5) is 5.95 Å². The molecule has 3 aromatic carbocycles. The normalized spacial score (nSPS) is 11.5. The summed E-state index contributed by atoms with van der Waals surface area (Å²) < 4.78 is 7.69. The van der Waals surface area contributed by atoms with E-state index < -0.39 is 0 Å². The molecule has 7 nitrogen and oxygen atoms in total. The van der Waals surface area contributed by atoms with Crippen LogP contribution in [0.5, 0.6) is 5.75 Å². The Kier molecular flexibility index (Phi) is 6.53. The van der Waals surface area contributed by atoms with Crippen molar-refractivity contribution in [1.29, 1.82) is 0 Å². The maximum absolute atomic E-state index is 6.36. The standard InChI is InChI=1S/C27H27ClN6O/c1-32(2)15-16-33(18-19-9-5-4-6-10-19)27-29-23-17-20(28)13-14-21(23)25-30-31-26(34(25)27)22-11-7-8-12-24(22)35-3/h4-14,17H,15-16,18H2,1-3H3. The van der Waals surface area contributed by atoms with Gasteiger partial charge in [0, 0.05) is 30.0 Å². The molecule has 178 valence electrons. The minimum absolute atomic E-state index is 0.632.